The third-order valence-electron chi connectivity index (χ3n) is 1.76. The molecular formula is C9H19NO2. The highest BCUT2D eigenvalue weighted by molar-refractivity contribution is 5.82. The lowest BCUT2D eigenvalue weighted by Gasteiger charge is -2.14. The van der Waals surface area contributed by atoms with Crippen LogP contribution in [0.2, 0.25) is 0 Å². The molecule has 0 aliphatic rings. The molecule has 0 radical (unpaired) electrons. The van der Waals surface area contributed by atoms with Crippen molar-refractivity contribution in [1.29, 1.82) is 0 Å². The third-order valence-corrected chi connectivity index (χ3v) is 1.76. The summed E-state index contributed by atoms with van der Waals surface area (Å²) in [6.45, 7) is 6.43. The van der Waals surface area contributed by atoms with Crippen LogP contribution in [0.3, 0.4) is 0 Å². The fraction of sp³-hybridized carbons (Fsp3) is 0.889. The van der Waals surface area contributed by atoms with Gasteiger partial charge in [0.15, 0.2) is 0 Å². The van der Waals surface area contributed by atoms with Gasteiger partial charge in [-0.1, -0.05) is 25.4 Å². The van der Waals surface area contributed by atoms with Gasteiger partial charge in [-0.2, -0.15) is 0 Å². The molecule has 12 heavy (non-hydrogen) atoms. The SMILES string of the molecule is CCCC(CC)OC/C(C)=N\O. The van der Waals surface area contributed by atoms with E-state index in [9.17, 15) is 0 Å². The number of rotatable bonds is 6. The zero-order chi connectivity index (χ0) is 9.40. The Kier molecular flexibility index (Phi) is 6.76. The molecule has 0 fully saturated rings. The molecular weight excluding hydrogens is 154 g/mol. The van der Waals surface area contributed by atoms with Crippen LogP contribution in [0.1, 0.15) is 40.0 Å². The molecule has 3 nitrogen and oxygen atoms in total. The molecule has 0 saturated heterocycles. The van der Waals surface area contributed by atoms with Gasteiger partial charge in [0.05, 0.1) is 18.4 Å². The first-order chi connectivity index (χ1) is 5.74. The highest BCUT2D eigenvalue weighted by Crippen LogP contribution is 2.05. The highest BCUT2D eigenvalue weighted by atomic mass is 16.5. The second-order valence-electron chi connectivity index (χ2n) is 2.97. The van der Waals surface area contributed by atoms with E-state index in [1.54, 1.807) is 6.92 Å². The number of hydrogen-bond donors (Lipinski definition) is 1. The quantitative estimate of drug-likeness (QED) is 0.381. The summed E-state index contributed by atoms with van der Waals surface area (Å²) in [6, 6.07) is 0. The van der Waals surface area contributed by atoms with Crippen molar-refractivity contribution in [3.8, 4) is 0 Å². The lowest BCUT2D eigenvalue weighted by Crippen LogP contribution is -2.16. The lowest BCUT2D eigenvalue weighted by molar-refractivity contribution is 0.0700. The first-order valence-corrected chi connectivity index (χ1v) is 4.53. The van der Waals surface area contributed by atoms with Gasteiger partial charge in [-0.15, -0.1) is 0 Å². The zero-order valence-electron chi connectivity index (χ0n) is 8.21. The molecule has 0 heterocycles. The molecule has 0 aromatic rings. The van der Waals surface area contributed by atoms with Crippen LogP contribution in [0.4, 0.5) is 0 Å². The molecule has 0 rings (SSSR count). The van der Waals surface area contributed by atoms with Crippen molar-refractivity contribution in [2.24, 2.45) is 5.16 Å². The van der Waals surface area contributed by atoms with Crippen LogP contribution in [0.15, 0.2) is 5.16 Å². The van der Waals surface area contributed by atoms with Crippen molar-refractivity contribution in [3.05, 3.63) is 0 Å². The van der Waals surface area contributed by atoms with E-state index < -0.39 is 0 Å². The molecule has 1 atom stereocenters. The first kappa shape index (κ1) is 11.4. The Hall–Kier alpha value is -0.570. The van der Waals surface area contributed by atoms with Crippen LogP contribution < -0.4 is 0 Å². The Morgan fingerprint density at radius 1 is 1.50 bits per heavy atom. The van der Waals surface area contributed by atoms with Gasteiger partial charge in [-0.25, -0.2) is 0 Å². The minimum atomic E-state index is 0.312. The van der Waals surface area contributed by atoms with Crippen molar-refractivity contribution >= 4 is 5.71 Å². The molecule has 0 aliphatic heterocycles. The molecule has 0 amide bonds. The Labute approximate surface area is 74.4 Å². The smallest absolute Gasteiger partial charge is 0.0882 e. The second kappa shape index (κ2) is 7.10. The van der Waals surface area contributed by atoms with E-state index in [-0.39, 0.29) is 0 Å². The summed E-state index contributed by atoms with van der Waals surface area (Å²) < 4.78 is 5.49. The summed E-state index contributed by atoms with van der Waals surface area (Å²) in [5.74, 6) is 0. The molecule has 0 aliphatic carbocycles. The van der Waals surface area contributed by atoms with E-state index in [2.05, 4.69) is 19.0 Å². The maximum atomic E-state index is 8.36. The first-order valence-electron chi connectivity index (χ1n) is 4.53. The van der Waals surface area contributed by atoms with Gasteiger partial charge in [-0.05, 0) is 19.8 Å². The van der Waals surface area contributed by atoms with Gasteiger partial charge in [0.2, 0.25) is 0 Å². The van der Waals surface area contributed by atoms with Crippen molar-refractivity contribution in [3.63, 3.8) is 0 Å². The fourth-order valence-electron chi connectivity index (χ4n) is 0.995. The van der Waals surface area contributed by atoms with E-state index in [4.69, 9.17) is 9.94 Å². The predicted octanol–water partition coefficient (Wildman–Crippen LogP) is 2.43. The summed E-state index contributed by atoms with van der Waals surface area (Å²) in [7, 11) is 0. The average Bonchev–Trinajstić information content (AvgIpc) is 2.11. The molecule has 3 heteroatoms. The lowest BCUT2D eigenvalue weighted by atomic mass is 10.1. The largest absolute Gasteiger partial charge is 0.411 e. The number of oxime groups is 1. The molecule has 0 aromatic heterocycles. The van der Waals surface area contributed by atoms with Crippen molar-refractivity contribution in [2.75, 3.05) is 6.61 Å². The summed E-state index contributed by atoms with van der Waals surface area (Å²) in [6.07, 6.45) is 3.54. The number of ether oxygens (including phenoxy) is 1. The monoisotopic (exact) mass is 173 g/mol. The van der Waals surface area contributed by atoms with Gasteiger partial charge < -0.3 is 9.94 Å². The Bertz CT molecular complexity index is 134. The normalized spacial score (nSPS) is 14.8. The standard InChI is InChI=1S/C9H19NO2/c1-4-6-9(5-2)12-7-8(3)10-11/h9,11H,4-7H2,1-3H3/b10-8-. The maximum absolute atomic E-state index is 8.36. The maximum Gasteiger partial charge on any atom is 0.0882 e. The fourth-order valence-corrected chi connectivity index (χ4v) is 0.995. The molecule has 1 N–H and O–H groups in total. The van der Waals surface area contributed by atoms with E-state index in [1.165, 1.54) is 0 Å². The molecule has 72 valence electrons. The highest BCUT2D eigenvalue weighted by Gasteiger charge is 2.05. The molecule has 1 unspecified atom stereocenters. The van der Waals surface area contributed by atoms with Crippen LogP contribution in [-0.4, -0.2) is 23.6 Å². The number of nitrogens with zero attached hydrogens (tertiary/aromatic N) is 1. The van der Waals surface area contributed by atoms with Crippen molar-refractivity contribution in [1.82, 2.24) is 0 Å². The minimum absolute atomic E-state index is 0.312. The second-order valence-corrected chi connectivity index (χ2v) is 2.97. The van der Waals surface area contributed by atoms with Gasteiger partial charge >= 0.3 is 0 Å². The topological polar surface area (TPSA) is 41.8 Å². The zero-order valence-corrected chi connectivity index (χ0v) is 8.21. The van der Waals surface area contributed by atoms with Gasteiger partial charge in [-0.3, -0.25) is 0 Å². The molecule has 0 aromatic carbocycles. The Morgan fingerprint density at radius 3 is 2.58 bits per heavy atom. The van der Waals surface area contributed by atoms with Crippen LogP contribution in [0.25, 0.3) is 0 Å². The van der Waals surface area contributed by atoms with Crippen LogP contribution in [0, 0.1) is 0 Å². The van der Waals surface area contributed by atoms with E-state index in [1.807, 2.05) is 0 Å². The van der Waals surface area contributed by atoms with Crippen LogP contribution in [-0.2, 0) is 4.74 Å². The van der Waals surface area contributed by atoms with Crippen LogP contribution >= 0.6 is 0 Å². The molecule has 0 bridgehead atoms. The van der Waals surface area contributed by atoms with E-state index in [0.29, 0.717) is 18.4 Å². The van der Waals surface area contributed by atoms with Gasteiger partial charge in [0.1, 0.15) is 0 Å². The number of hydrogen-bond acceptors (Lipinski definition) is 3. The Morgan fingerprint density at radius 2 is 2.17 bits per heavy atom. The van der Waals surface area contributed by atoms with Crippen molar-refractivity contribution in [2.45, 2.75) is 46.1 Å². The Balaban J connectivity index is 3.57. The third kappa shape index (κ3) is 5.13. The van der Waals surface area contributed by atoms with E-state index in [0.717, 1.165) is 19.3 Å². The van der Waals surface area contributed by atoms with Gasteiger partial charge in [0.25, 0.3) is 0 Å². The minimum Gasteiger partial charge on any atom is -0.411 e. The van der Waals surface area contributed by atoms with Crippen molar-refractivity contribution < 1.29 is 9.94 Å². The summed E-state index contributed by atoms with van der Waals surface area (Å²) >= 11 is 0. The predicted molar refractivity (Wildman–Crippen MR) is 49.8 cm³/mol. The summed E-state index contributed by atoms with van der Waals surface area (Å²) in [5.41, 5.74) is 0.629. The average molecular weight is 173 g/mol. The van der Waals surface area contributed by atoms with Gasteiger partial charge in [0, 0.05) is 0 Å². The molecule has 0 spiro atoms. The molecule has 0 saturated carbocycles. The van der Waals surface area contributed by atoms with E-state index >= 15 is 0 Å². The van der Waals surface area contributed by atoms with Crippen LogP contribution in [0.5, 0.6) is 0 Å². The summed E-state index contributed by atoms with van der Waals surface area (Å²) in [5, 5.41) is 11.4. The summed E-state index contributed by atoms with van der Waals surface area (Å²) in [4.78, 5) is 0.